The topological polar surface area (TPSA) is 144 Å². The summed E-state index contributed by atoms with van der Waals surface area (Å²) in [5, 5.41) is 0. The molecule has 7 rings (SSSR count). The minimum atomic E-state index is -3.17. The molecule has 1 aliphatic carbocycles. The molecule has 0 bridgehead atoms. The summed E-state index contributed by atoms with van der Waals surface area (Å²) in [5.41, 5.74) is -2.98. The predicted octanol–water partition coefficient (Wildman–Crippen LogP) is 8.70. The number of aryl methyl sites for hydroxylation is 1. The van der Waals surface area contributed by atoms with Crippen LogP contribution in [0.2, 0.25) is 0 Å². The van der Waals surface area contributed by atoms with Crippen molar-refractivity contribution in [3.63, 3.8) is 0 Å². The number of nitrogens with zero attached hydrogens (tertiary/aromatic N) is 2. The van der Waals surface area contributed by atoms with Crippen molar-refractivity contribution in [1.29, 1.82) is 0 Å². The number of ether oxygens (including phenoxy) is 7. The number of carbonyl (C=O) groups excluding carboxylic acids is 1. The van der Waals surface area contributed by atoms with E-state index < -0.39 is 65.2 Å². The number of allylic oxidation sites excluding steroid dienone is 1. The van der Waals surface area contributed by atoms with Gasteiger partial charge in [0.2, 0.25) is 5.69 Å². The summed E-state index contributed by atoms with van der Waals surface area (Å²) in [4.78, 5) is 41.1. The first kappa shape index (κ1) is 50.8. The van der Waals surface area contributed by atoms with Gasteiger partial charge in [-0.05, 0) is 119 Å². The largest absolute Gasteiger partial charge is 0.497 e. The highest BCUT2D eigenvalue weighted by Crippen LogP contribution is 2.76. The molecule has 0 N–H and O–H groups in total. The zero-order valence-corrected chi connectivity index (χ0v) is 42.3. The standard InChI is InChI=1S/C50H63N2O12PS2/c1-32(2)34-24-25-49(7)41(28-34)63-65(66,67-49)64-42-40(62-45(43(42)59-27-26-56-8)51-29-33(3)44(53)52(47(51)55)31-60-46(54)48(4,5)6)30-61-50(35-14-12-11-13-15-35,36-16-20-38(57-9)21-17-36)37-18-22-39(58-10)23-19-37/h11-23,29,34,40-43,45H,1,24-28,30-31H2,2-10H3/t34-,40-,41+,42-,43-,45-,49+,65+/m1/s1. The molecular weight excluding hydrogens is 916 g/mol. The van der Waals surface area contributed by atoms with Crippen LogP contribution in [-0.4, -0.2) is 85.4 Å². The monoisotopic (exact) mass is 978 g/mol. The number of benzene rings is 3. The second-order valence-corrected chi connectivity index (χ2v) is 25.1. The molecule has 1 aromatic heterocycles. The molecule has 3 aromatic carbocycles. The van der Waals surface area contributed by atoms with Gasteiger partial charge in [0.05, 0.1) is 45.6 Å². The van der Waals surface area contributed by atoms with Crippen LogP contribution in [0.25, 0.3) is 0 Å². The van der Waals surface area contributed by atoms with Crippen molar-refractivity contribution in [3.8, 4) is 11.5 Å². The maximum absolute atomic E-state index is 14.6. The number of hydrogen-bond donors (Lipinski definition) is 0. The minimum Gasteiger partial charge on any atom is -0.497 e. The highest BCUT2D eigenvalue weighted by Gasteiger charge is 2.57. The molecule has 362 valence electrons. The lowest BCUT2D eigenvalue weighted by Crippen LogP contribution is -2.46. The molecule has 3 fully saturated rings. The van der Waals surface area contributed by atoms with Crippen LogP contribution in [0.5, 0.6) is 11.5 Å². The summed E-state index contributed by atoms with van der Waals surface area (Å²) in [6, 6.07) is 25.2. The van der Waals surface area contributed by atoms with Crippen LogP contribution in [0.15, 0.2) is 107 Å². The van der Waals surface area contributed by atoms with E-state index in [2.05, 4.69) is 20.4 Å². The Hall–Kier alpha value is -4.09. The summed E-state index contributed by atoms with van der Waals surface area (Å²) in [6.07, 6.45) is -0.295. The van der Waals surface area contributed by atoms with Gasteiger partial charge in [-0.15, -0.1) is 0 Å². The highest BCUT2D eigenvalue weighted by molar-refractivity contribution is 8.68. The Bertz CT molecular complexity index is 2500. The third kappa shape index (κ3) is 10.7. The summed E-state index contributed by atoms with van der Waals surface area (Å²) in [7, 11) is 4.80. The van der Waals surface area contributed by atoms with E-state index >= 15 is 0 Å². The van der Waals surface area contributed by atoms with Crippen LogP contribution in [0.3, 0.4) is 0 Å². The van der Waals surface area contributed by atoms with E-state index in [1.54, 1.807) is 60.4 Å². The third-order valence-corrected chi connectivity index (χ3v) is 18.5. The minimum absolute atomic E-state index is 0.0915. The first-order valence-corrected chi connectivity index (χ1v) is 26.5. The molecule has 2 saturated heterocycles. The van der Waals surface area contributed by atoms with E-state index in [0.717, 1.165) is 46.1 Å². The maximum Gasteiger partial charge on any atom is 0.336 e. The van der Waals surface area contributed by atoms with Crippen LogP contribution < -0.4 is 20.7 Å². The summed E-state index contributed by atoms with van der Waals surface area (Å²) in [5.74, 6) is 1.05. The Labute approximate surface area is 402 Å². The van der Waals surface area contributed by atoms with Gasteiger partial charge in [-0.25, -0.2) is 9.36 Å². The highest BCUT2D eigenvalue weighted by atomic mass is 32.9. The zero-order chi connectivity index (χ0) is 48.3. The summed E-state index contributed by atoms with van der Waals surface area (Å²) < 4.78 is 59.1. The van der Waals surface area contributed by atoms with Gasteiger partial charge in [0.25, 0.3) is 5.56 Å². The molecule has 8 atom stereocenters. The van der Waals surface area contributed by atoms with Gasteiger partial charge in [0, 0.05) is 23.6 Å². The fraction of sp³-hybridized carbons (Fsp3) is 0.500. The van der Waals surface area contributed by atoms with Crippen molar-refractivity contribution >= 4 is 34.9 Å². The molecule has 3 heterocycles. The molecule has 0 amide bonds. The van der Waals surface area contributed by atoms with Crippen LogP contribution in [0.1, 0.15) is 82.4 Å². The molecule has 3 aliphatic rings. The van der Waals surface area contributed by atoms with Crippen molar-refractivity contribution in [2.75, 3.05) is 41.2 Å². The first-order valence-electron chi connectivity index (χ1n) is 22.4. The van der Waals surface area contributed by atoms with E-state index in [-0.39, 0.29) is 36.2 Å². The van der Waals surface area contributed by atoms with Gasteiger partial charge in [-0.1, -0.05) is 78.1 Å². The SMILES string of the molecule is C=C(C)[C@@H]1CC[C@]2(C)S[P@](=S)(O[C@H]3[C@@H](OCCOC)[C@H](n4cc(C)c(=O)n(COC(=O)C(C)(C)C)c4=O)O[C@@H]3COC(c3ccccc3)(c3ccc(OC)cc3)c3ccc(OC)cc3)O[C@H]2C1. The average molecular weight is 979 g/mol. The van der Waals surface area contributed by atoms with E-state index in [1.807, 2.05) is 78.9 Å². The molecule has 1 saturated carbocycles. The Morgan fingerprint density at radius 1 is 0.925 bits per heavy atom. The quantitative estimate of drug-likeness (QED) is 0.0308. The maximum atomic E-state index is 14.6. The molecule has 2 aliphatic heterocycles. The lowest BCUT2D eigenvalue weighted by Gasteiger charge is -2.37. The predicted molar refractivity (Wildman–Crippen MR) is 261 cm³/mol. The van der Waals surface area contributed by atoms with Crippen molar-refractivity contribution in [2.24, 2.45) is 11.3 Å². The Balaban J connectivity index is 1.36. The Morgan fingerprint density at radius 2 is 1.54 bits per heavy atom. The van der Waals surface area contributed by atoms with Crippen molar-refractivity contribution in [3.05, 3.63) is 140 Å². The van der Waals surface area contributed by atoms with Crippen LogP contribution in [0, 0.1) is 18.3 Å². The molecular formula is C50H63N2O12PS2. The second-order valence-electron chi connectivity index (χ2n) is 18.6. The molecule has 0 unspecified atom stereocenters. The summed E-state index contributed by atoms with van der Waals surface area (Å²) >= 11 is 8.00. The van der Waals surface area contributed by atoms with E-state index in [4.69, 9.17) is 54.0 Å². The smallest absolute Gasteiger partial charge is 0.336 e. The van der Waals surface area contributed by atoms with Gasteiger partial charge in [0.1, 0.15) is 35.4 Å². The number of methoxy groups -OCH3 is 3. The first-order chi connectivity index (χ1) is 31.9. The van der Waals surface area contributed by atoms with Crippen LogP contribution >= 0.6 is 17.1 Å². The van der Waals surface area contributed by atoms with Crippen LogP contribution in [-0.2, 0) is 61.7 Å². The van der Waals surface area contributed by atoms with Gasteiger partial charge < -0.3 is 42.2 Å². The van der Waals surface area contributed by atoms with E-state index in [1.165, 1.54) is 10.8 Å². The lowest BCUT2D eigenvalue weighted by atomic mass is 9.77. The van der Waals surface area contributed by atoms with Crippen molar-refractivity contribution in [1.82, 2.24) is 9.13 Å². The Morgan fingerprint density at radius 3 is 2.10 bits per heavy atom. The average Bonchev–Trinajstić information content (AvgIpc) is 3.78. The van der Waals surface area contributed by atoms with Gasteiger partial charge in [-0.3, -0.25) is 14.2 Å². The number of hydrogen-bond acceptors (Lipinski definition) is 14. The molecule has 4 aromatic rings. The number of carbonyl (C=O) groups is 1. The molecule has 14 nitrogen and oxygen atoms in total. The molecule has 0 radical (unpaired) electrons. The van der Waals surface area contributed by atoms with Crippen molar-refractivity contribution in [2.45, 2.75) is 109 Å². The molecule has 67 heavy (non-hydrogen) atoms. The third-order valence-electron chi connectivity index (χ3n) is 12.8. The number of esters is 1. The second kappa shape index (κ2) is 20.9. The summed E-state index contributed by atoms with van der Waals surface area (Å²) in [6.45, 7) is 14.7. The molecule has 17 heteroatoms. The van der Waals surface area contributed by atoms with Crippen LogP contribution in [0.4, 0.5) is 0 Å². The zero-order valence-electron chi connectivity index (χ0n) is 39.8. The normalized spacial score (nSPS) is 26.2. The van der Waals surface area contributed by atoms with Gasteiger partial charge in [-0.2, -0.15) is 0 Å². The lowest BCUT2D eigenvalue weighted by molar-refractivity contribution is -0.157. The number of rotatable bonds is 18. The van der Waals surface area contributed by atoms with Gasteiger partial charge >= 0.3 is 11.7 Å². The fourth-order valence-electron chi connectivity index (χ4n) is 8.90. The molecule has 0 spiro atoms. The van der Waals surface area contributed by atoms with E-state index in [0.29, 0.717) is 17.4 Å². The van der Waals surface area contributed by atoms with Gasteiger partial charge in [0.15, 0.2) is 13.0 Å². The van der Waals surface area contributed by atoms with E-state index in [9.17, 15) is 14.4 Å². The Kier molecular flexibility index (Phi) is 15.8. The fourth-order valence-corrected chi connectivity index (χ4v) is 16.4. The number of fused-ring (bicyclic) bond motifs is 1. The van der Waals surface area contributed by atoms with Crippen molar-refractivity contribution < 1.29 is 47.0 Å². The number of aromatic nitrogens is 2.